The van der Waals surface area contributed by atoms with Crippen LogP contribution in [0.25, 0.3) is 10.9 Å². The van der Waals surface area contributed by atoms with E-state index in [1.165, 1.54) is 10.9 Å². The number of piperidine rings is 1. The molecule has 2 heterocycles. The lowest BCUT2D eigenvalue weighted by Gasteiger charge is -2.27. The summed E-state index contributed by atoms with van der Waals surface area (Å²) in [6.45, 7) is 3.00. The zero-order valence-electron chi connectivity index (χ0n) is 10.7. The third-order valence-electron chi connectivity index (χ3n) is 3.77. The van der Waals surface area contributed by atoms with Crippen LogP contribution in [0.2, 0.25) is 0 Å². The van der Waals surface area contributed by atoms with E-state index >= 15 is 0 Å². The Bertz CT molecular complexity index is 585. The number of aromatic nitrogens is 1. The molecule has 3 rings (SSSR count). The van der Waals surface area contributed by atoms with E-state index in [-0.39, 0.29) is 5.91 Å². The summed E-state index contributed by atoms with van der Waals surface area (Å²) < 4.78 is 0. The second kappa shape index (κ2) is 4.48. The standard InChI is InChI=1S/C15H18N2O/c1-2-11-10-16-15-12(11)6-5-7-13(15)17-9-4-3-8-14(17)18/h5-7,10,16H,2-4,8-9H2,1H3. The van der Waals surface area contributed by atoms with E-state index in [9.17, 15) is 4.79 Å². The SMILES string of the molecule is CCc1c[nH]c2c(N3CCCCC3=O)cccc12. The zero-order valence-corrected chi connectivity index (χ0v) is 10.7. The van der Waals surface area contributed by atoms with Crippen LogP contribution < -0.4 is 4.90 Å². The highest BCUT2D eigenvalue weighted by molar-refractivity contribution is 6.03. The molecule has 1 aliphatic heterocycles. The van der Waals surface area contributed by atoms with Crippen molar-refractivity contribution in [3.63, 3.8) is 0 Å². The summed E-state index contributed by atoms with van der Waals surface area (Å²) in [5.41, 5.74) is 3.46. The van der Waals surface area contributed by atoms with Crippen molar-refractivity contribution in [3.05, 3.63) is 30.0 Å². The second-order valence-corrected chi connectivity index (χ2v) is 4.87. The molecule has 1 amide bonds. The topological polar surface area (TPSA) is 36.1 Å². The molecule has 1 aromatic carbocycles. The molecule has 1 aromatic heterocycles. The molecule has 1 N–H and O–H groups in total. The molecule has 3 nitrogen and oxygen atoms in total. The number of carbonyl (C=O) groups excluding carboxylic acids is 1. The Labute approximate surface area is 107 Å². The van der Waals surface area contributed by atoms with Gasteiger partial charge in [-0.25, -0.2) is 0 Å². The van der Waals surface area contributed by atoms with Crippen molar-refractivity contribution >= 4 is 22.5 Å². The number of hydrogen-bond donors (Lipinski definition) is 1. The number of aromatic amines is 1. The summed E-state index contributed by atoms with van der Waals surface area (Å²) in [4.78, 5) is 17.3. The summed E-state index contributed by atoms with van der Waals surface area (Å²) in [5, 5.41) is 1.24. The molecule has 2 aromatic rings. The smallest absolute Gasteiger partial charge is 0.227 e. The third kappa shape index (κ3) is 1.70. The lowest BCUT2D eigenvalue weighted by Crippen LogP contribution is -2.35. The first-order chi connectivity index (χ1) is 8.81. The highest BCUT2D eigenvalue weighted by atomic mass is 16.2. The fraction of sp³-hybridized carbons (Fsp3) is 0.400. The lowest BCUT2D eigenvalue weighted by molar-refractivity contribution is -0.119. The largest absolute Gasteiger partial charge is 0.359 e. The Kier molecular flexibility index (Phi) is 2.82. The molecule has 1 saturated heterocycles. The van der Waals surface area contributed by atoms with E-state index in [1.807, 2.05) is 17.0 Å². The molecule has 0 aliphatic carbocycles. The van der Waals surface area contributed by atoms with Gasteiger partial charge >= 0.3 is 0 Å². The summed E-state index contributed by atoms with van der Waals surface area (Å²) >= 11 is 0. The fourth-order valence-electron chi connectivity index (χ4n) is 2.77. The first-order valence-electron chi connectivity index (χ1n) is 6.70. The number of anilines is 1. The minimum Gasteiger partial charge on any atom is -0.359 e. The van der Waals surface area contributed by atoms with Gasteiger partial charge in [-0.15, -0.1) is 0 Å². The zero-order chi connectivity index (χ0) is 12.5. The van der Waals surface area contributed by atoms with Gasteiger partial charge in [0.2, 0.25) is 5.91 Å². The molecule has 0 bridgehead atoms. The molecule has 0 saturated carbocycles. The molecule has 0 unspecified atom stereocenters. The summed E-state index contributed by atoms with van der Waals surface area (Å²) in [7, 11) is 0. The molecular formula is C15H18N2O. The van der Waals surface area contributed by atoms with E-state index in [4.69, 9.17) is 0 Å². The molecule has 18 heavy (non-hydrogen) atoms. The number of carbonyl (C=O) groups is 1. The van der Waals surface area contributed by atoms with Crippen molar-refractivity contribution in [1.82, 2.24) is 4.98 Å². The van der Waals surface area contributed by atoms with Gasteiger partial charge in [0.1, 0.15) is 0 Å². The van der Waals surface area contributed by atoms with E-state index in [2.05, 4.69) is 24.2 Å². The van der Waals surface area contributed by atoms with E-state index < -0.39 is 0 Å². The predicted octanol–water partition coefficient (Wildman–Crippen LogP) is 3.25. The maximum Gasteiger partial charge on any atom is 0.227 e. The van der Waals surface area contributed by atoms with Crippen molar-refractivity contribution in [2.45, 2.75) is 32.6 Å². The average Bonchev–Trinajstić information content (AvgIpc) is 2.82. The molecule has 0 spiro atoms. The molecule has 0 atom stereocenters. The molecule has 1 aliphatic rings. The van der Waals surface area contributed by atoms with Crippen molar-refractivity contribution < 1.29 is 4.79 Å². The third-order valence-corrected chi connectivity index (χ3v) is 3.77. The molecule has 0 radical (unpaired) electrons. The lowest BCUT2D eigenvalue weighted by atomic mass is 10.1. The number of amides is 1. The summed E-state index contributed by atoms with van der Waals surface area (Å²) in [6, 6.07) is 6.22. The highest BCUT2D eigenvalue weighted by Crippen LogP contribution is 2.30. The van der Waals surface area contributed by atoms with Crippen molar-refractivity contribution in [2.75, 3.05) is 11.4 Å². The normalized spacial score (nSPS) is 16.5. The number of hydrogen-bond acceptors (Lipinski definition) is 1. The number of fused-ring (bicyclic) bond motifs is 1. The van der Waals surface area contributed by atoms with Crippen LogP contribution in [0, 0.1) is 0 Å². The number of rotatable bonds is 2. The van der Waals surface area contributed by atoms with Crippen LogP contribution in [0.1, 0.15) is 31.7 Å². The van der Waals surface area contributed by atoms with Crippen LogP contribution in [0.4, 0.5) is 5.69 Å². The first kappa shape index (κ1) is 11.3. The van der Waals surface area contributed by atoms with Gasteiger partial charge in [0.25, 0.3) is 0 Å². The number of aryl methyl sites for hydroxylation is 1. The van der Waals surface area contributed by atoms with E-state index in [0.29, 0.717) is 6.42 Å². The van der Waals surface area contributed by atoms with Gasteiger partial charge in [-0.2, -0.15) is 0 Å². The Morgan fingerprint density at radius 2 is 2.22 bits per heavy atom. The Morgan fingerprint density at radius 1 is 1.33 bits per heavy atom. The Balaban J connectivity index is 2.11. The van der Waals surface area contributed by atoms with Crippen LogP contribution in [0.5, 0.6) is 0 Å². The van der Waals surface area contributed by atoms with Gasteiger partial charge in [-0.05, 0) is 30.9 Å². The minimum absolute atomic E-state index is 0.251. The Morgan fingerprint density at radius 3 is 3.00 bits per heavy atom. The first-order valence-corrected chi connectivity index (χ1v) is 6.70. The van der Waals surface area contributed by atoms with Gasteiger partial charge in [0.05, 0.1) is 11.2 Å². The van der Waals surface area contributed by atoms with Crippen LogP contribution >= 0.6 is 0 Å². The monoisotopic (exact) mass is 242 g/mol. The van der Waals surface area contributed by atoms with Crippen molar-refractivity contribution in [2.24, 2.45) is 0 Å². The van der Waals surface area contributed by atoms with Crippen LogP contribution in [0.3, 0.4) is 0 Å². The van der Waals surface area contributed by atoms with Gasteiger partial charge in [-0.1, -0.05) is 19.1 Å². The number of para-hydroxylation sites is 1. The molecule has 1 fully saturated rings. The van der Waals surface area contributed by atoms with Crippen LogP contribution in [0.15, 0.2) is 24.4 Å². The van der Waals surface area contributed by atoms with E-state index in [0.717, 1.165) is 37.0 Å². The predicted molar refractivity (Wildman–Crippen MR) is 73.9 cm³/mol. The maximum absolute atomic E-state index is 12.0. The second-order valence-electron chi connectivity index (χ2n) is 4.87. The van der Waals surface area contributed by atoms with Gasteiger partial charge < -0.3 is 9.88 Å². The van der Waals surface area contributed by atoms with E-state index in [1.54, 1.807) is 0 Å². The van der Waals surface area contributed by atoms with Crippen LogP contribution in [-0.2, 0) is 11.2 Å². The number of benzene rings is 1. The quantitative estimate of drug-likeness (QED) is 0.862. The van der Waals surface area contributed by atoms with Crippen molar-refractivity contribution in [3.8, 4) is 0 Å². The van der Waals surface area contributed by atoms with Gasteiger partial charge in [0.15, 0.2) is 0 Å². The average molecular weight is 242 g/mol. The number of nitrogens with one attached hydrogen (secondary N) is 1. The maximum atomic E-state index is 12.0. The minimum atomic E-state index is 0.251. The molecular weight excluding hydrogens is 224 g/mol. The fourth-order valence-corrected chi connectivity index (χ4v) is 2.77. The van der Waals surface area contributed by atoms with Gasteiger partial charge in [-0.3, -0.25) is 4.79 Å². The Hall–Kier alpha value is -1.77. The summed E-state index contributed by atoms with van der Waals surface area (Å²) in [5.74, 6) is 0.251. The summed E-state index contributed by atoms with van der Waals surface area (Å²) in [6.07, 6.45) is 5.87. The number of nitrogens with zero attached hydrogens (tertiary/aromatic N) is 1. The highest BCUT2D eigenvalue weighted by Gasteiger charge is 2.21. The molecule has 3 heteroatoms. The number of H-pyrrole nitrogens is 1. The molecule has 94 valence electrons. The van der Waals surface area contributed by atoms with Gasteiger partial charge in [0, 0.05) is 24.5 Å². The van der Waals surface area contributed by atoms with Crippen molar-refractivity contribution in [1.29, 1.82) is 0 Å². The van der Waals surface area contributed by atoms with Crippen LogP contribution in [-0.4, -0.2) is 17.4 Å².